The third-order valence-electron chi connectivity index (χ3n) is 3.80. The summed E-state index contributed by atoms with van der Waals surface area (Å²) < 4.78 is 32.3. The van der Waals surface area contributed by atoms with Crippen molar-refractivity contribution < 1.29 is 18.1 Å². The number of ether oxygens (including phenoxy) is 1. The van der Waals surface area contributed by atoms with Crippen LogP contribution in [0.1, 0.15) is 20.3 Å². The molecular weight excluding hydrogens is 334 g/mol. The summed E-state index contributed by atoms with van der Waals surface area (Å²) in [5.74, 6) is 0.467. The molecule has 1 aromatic carbocycles. The highest BCUT2D eigenvalue weighted by molar-refractivity contribution is 7.89. The Bertz CT molecular complexity index is 684. The summed E-state index contributed by atoms with van der Waals surface area (Å²) in [7, 11) is -3.81. The lowest BCUT2D eigenvalue weighted by Crippen LogP contribution is -2.40. The van der Waals surface area contributed by atoms with Gasteiger partial charge in [0.2, 0.25) is 10.0 Å². The van der Waals surface area contributed by atoms with Gasteiger partial charge in [-0.1, -0.05) is 13.8 Å². The molecule has 0 aliphatic carbocycles. The van der Waals surface area contributed by atoms with Crippen LogP contribution in [0.3, 0.4) is 0 Å². The molecular formula is C15H23N3O5S. The number of sulfonamides is 1. The predicted octanol–water partition coefficient (Wildman–Crippen LogP) is 2.07. The molecule has 8 nitrogen and oxygen atoms in total. The second-order valence-corrected chi connectivity index (χ2v) is 7.97. The third-order valence-corrected chi connectivity index (χ3v) is 5.74. The normalized spacial score (nSPS) is 16.3. The Labute approximate surface area is 142 Å². The van der Waals surface area contributed by atoms with Crippen molar-refractivity contribution in [3.63, 3.8) is 0 Å². The number of nitro benzene ring substituents is 1. The Morgan fingerprint density at radius 1 is 1.33 bits per heavy atom. The highest BCUT2D eigenvalue weighted by atomic mass is 32.2. The zero-order valence-corrected chi connectivity index (χ0v) is 14.7. The van der Waals surface area contributed by atoms with E-state index in [1.807, 2.05) is 0 Å². The van der Waals surface area contributed by atoms with Gasteiger partial charge in [0.15, 0.2) is 0 Å². The molecule has 0 amide bonds. The molecule has 1 saturated heterocycles. The van der Waals surface area contributed by atoms with Crippen LogP contribution in [0.25, 0.3) is 0 Å². The van der Waals surface area contributed by atoms with Gasteiger partial charge in [-0.3, -0.25) is 10.1 Å². The smallest absolute Gasteiger partial charge is 0.270 e. The number of hydrogen-bond donors (Lipinski definition) is 1. The molecule has 1 heterocycles. The maximum Gasteiger partial charge on any atom is 0.270 e. The fraction of sp³-hybridized carbons (Fsp3) is 0.600. The lowest BCUT2D eigenvalue weighted by atomic mass is 10.1. The van der Waals surface area contributed by atoms with E-state index in [4.69, 9.17) is 4.74 Å². The van der Waals surface area contributed by atoms with Crippen LogP contribution in [-0.2, 0) is 14.8 Å². The zero-order chi connectivity index (χ0) is 17.7. The summed E-state index contributed by atoms with van der Waals surface area (Å²) in [4.78, 5) is 10.4. The number of hydrogen-bond acceptors (Lipinski definition) is 6. The average Bonchev–Trinajstić information content (AvgIpc) is 2.55. The number of anilines is 1. The summed E-state index contributed by atoms with van der Waals surface area (Å²) in [6.45, 7) is 5.88. The molecule has 9 heteroatoms. The Kier molecular flexibility index (Phi) is 6.14. The number of morpholine rings is 1. The highest BCUT2D eigenvalue weighted by Gasteiger charge is 2.30. The molecule has 2 rings (SSSR count). The predicted molar refractivity (Wildman–Crippen MR) is 90.6 cm³/mol. The minimum atomic E-state index is -3.81. The minimum Gasteiger partial charge on any atom is -0.384 e. The number of nitro groups is 1. The van der Waals surface area contributed by atoms with Gasteiger partial charge in [0, 0.05) is 31.8 Å². The Morgan fingerprint density at radius 3 is 2.58 bits per heavy atom. The molecule has 0 atom stereocenters. The van der Waals surface area contributed by atoms with Gasteiger partial charge in [0.1, 0.15) is 4.90 Å². The van der Waals surface area contributed by atoms with E-state index in [2.05, 4.69) is 19.2 Å². The van der Waals surface area contributed by atoms with Gasteiger partial charge in [-0.05, 0) is 18.4 Å². The van der Waals surface area contributed by atoms with Crippen LogP contribution < -0.4 is 5.32 Å². The summed E-state index contributed by atoms with van der Waals surface area (Å²) >= 11 is 0. The van der Waals surface area contributed by atoms with Crippen LogP contribution >= 0.6 is 0 Å². The Balaban J connectivity index is 2.35. The minimum absolute atomic E-state index is 0.0534. The molecule has 0 saturated carbocycles. The lowest BCUT2D eigenvalue weighted by Gasteiger charge is -2.27. The first-order valence-electron chi connectivity index (χ1n) is 7.92. The van der Waals surface area contributed by atoms with E-state index in [1.54, 1.807) is 0 Å². The molecule has 1 aromatic rings. The van der Waals surface area contributed by atoms with Crippen molar-refractivity contribution in [3.8, 4) is 0 Å². The van der Waals surface area contributed by atoms with Crippen molar-refractivity contribution in [1.82, 2.24) is 4.31 Å². The molecule has 1 fully saturated rings. The monoisotopic (exact) mass is 357 g/mol. The van der Waals surface area contributed by atoms with E-state index >= 15 is 0 Å². The van der Waals surface area contributed by atoms with Gasteiger partial charge in [-0.25, -0.2) is 8.42 Å². The maximum atomic E-state index is 12.9. The second kappa shape index (κ2) is 7.91. The van der Waals surface area contributed by atoms with E-state index in [1.165, 1.54) is 16.4 Å². The molecule has 0 bridgehead atoms. The maximum absolute atomic E-state index is 12.9. The van der Waals surface area contributed by atoms with Gasteiger partial charge in [-0.2, -0.15) is 4.31 Å². The Hall–Kier alpha value is -1.71. The van der Waals surface area contributed by atoms with Gasteiger partial charge >= 0.3 is 0 Å². The van der Waals surface area contributed by atoms with Crippen molar-refractivity contribution in [1.29, 1.82) is 0 Å². The number of nitrogens with zero attached hydrogens (tertiary/aromatic N) is 2. The average molecular weight is 357 g/mol. The fourth-order valence-corrected chi connectivity index (χ4v) is 4.00. The van der Waals surface area contributed by atoms with E-state index in [9.17, 15) is 18.5 Å². The molecule has 0 radical (unpaired) electrons. The van der Waals surface area contributed by atoms with Gasteiger partial charge < -0.3 is 10.1 Å². The van der Waals surface area contributed by atoms with Gasteiger partial charge in [-0.15, -0.1) is 0 Å². The van der Waals surface area contributed by atoms with Gasteiger partial charge in [0.05, 0.1) is 23.8 Å². The van der Waals surface area contributed by atoms with Crippen LogP contribution in [0.2, 0.25) is 0 Å². The number of nitrogens with one attached hydrogen (secondary N) is 1. The van der Waals surface area contributed by atoms with Crippen LogP contribution in [0.5, 0.6) is 0 Å². The van der Waals surface area contributed by atoms with Crippen molar-refractivity contribution in [2.75, 3.05) is 38.2 Å². The summed E-state index contributed by atoms with van der Waals surface area (Å²) in [5, 5.41) is 14.1. The fourth-order valence-electron chi connectivity index (χ4n) is 2.41. The molecule has 1 N–H and O–H groups in total. The van der Waals surface area contributed by atoms with Crippen LogP contribution in [0, 0.1) is 16.0 Å². The Morgan fingerprint density at radius 2 is 2.00 bits per heavy atom. The SMILES string of the molecule is CC(C)CCNc1ccc([N+](=O)[O-])cc1S(=O)(=O)N1CCOCC1. The largest absolute Gasteiger partial charge is 0.384 e. The van der Waals surface area contributed by atoms with Crippen LogP contribution in [0.15, 0.2) is 23.1 Å². The summed E-state index contributed by atoms with van der Waals surface area (Å²) in [6, 6.07) is 3.91. The molecule has 134 valence electrons. The topological polar surface area (TPSA) is 102 Å². The van der Waals surface area contributed by atoms with E-state index in [0.29, 0.717) is 31.4 Å². The lowest BCUT2D eigenvalue weighted by molar-refractivity contribution is -0.385. The molecule has 24 heavy (non-hydrogen) atoms. The van der Waals surface area contributed by atoms with Crippen molar-refractivity contribution in [2.45, 2.75) is 25.2 Å². The molecule has 0 spiro atoms. The summed E-state index contributed by atoms with van der Waals surface area (Å²) in [5.41, 5.74) is 0.156. The van der Waals surface area contributed by atoms with E-state index < -0.39 is 14.9 Å². The first-order chi connectivity index (χ1) is 11.3. The van der Waals surface area contributed by atoms with Crippen molar-refractivity contribution in [2.24, 2.45) is 5.92 Å². The quantitative estimate of drug-likeness (QED) is 0.592. The van der Waals surface area contributed by atoms with Crippen LogP contribution in [-0.4, -0.2) is 50.5 Å². The number of non-ortho nitro benzene ring substituents is 1. The third kappa shape index (κ3) is 4.43. The molecule has 1 aliphatic rings. The number of benzene rings is 1. The second-order valence-electron chi connectivity index (χ2n) is 6.06. The first kappa shape index (κ1) is 18.6. The van der Waals surface area contributed by atoms with Crippen molar-refractivity contribution in [3.05, 3.63) is 28.3 Å². The van der Waals surface area contributed by atoms with E-state index in [0.717, 1.165) is 12.5 Å². The molecule has 0 unspecified atom stereocenters. The van der Waals surface area contributed by atoms with E-state index in [-0.39, 0.29) is 23.7 Å². The summed E-state index contributed by atoms with van der Waals surface area (Å²) in [6.07, 6.45) is 0.869. The molecule has 0 aromatic heterocycles. The molecule has 1 aliphatic heterocycles. The highest BCUT2D eigenvalue weighted by Crippen LogP contribution is 2.29. The number of rotatable bonds is 7. The standard InChI is InChI=1S/C15H23N3O5S/c1-12(2)5-6-16-14-4-3-13(18(19)20)11-15(14)24(21,22)17-7-9-23-10-8-17/h3-4,11-12,16H,5-10H2,1-2H3. The first-order valence-corrected chi connectivity index (χ1v) is 9.36. The van der Waals surface area contributed by atoms with Crippen molar-refractivity contribution >= 4 is 21.4 Å². The van der Waals surface area contributed by atoms with Crippen LogP contribution in [0.4, 0.5) is 11.4 Å². The zero-order valence-electron chi connectivity index (χ0n) is 13.9. The van der Waals surface area contributed by atoms with Gasteiger partial charge in [0.25, 0.3) is 5.69 Å².